The second-order valence-corrected chi connectivity index (χ2v) is 5.07. The van der Waals surface area contributed by atoms with Gasteiger partial charge in [0.05, 0.1) is 12.1 Å². The Hall–Kier alpha value is -2.46. The van der Waals surface area contributed by atoms with E-state index < -0.39 is 0 Å². The third kappa shape index (κ3) is 2.45. The Morgan fingerprint density at radius 1 is 1.05 bits per heavy atom. The summed E-state index contributed by atoms with van der Waals surface area (Å²) in [6.45, 7) is 0.755. The molecule has 0 saturated carbocycles. The highest BCUT2D eigenvalue weighted by atomic mass is 16.2. The Morgan fingerprint density at radius 2 is 1.76 bits per heavy atom. The lowest BCUT2D eigenvalue weighted by atomic mass is 9.98. The number of nitrogens with zero attached hydrogens (tertiary/aromatic N) is 1. The zero-order chi connectivity index (χ0) is 14.8. The third-order valence-electron chi connectivity index (χ3n) is 3.62. The summed E-state index contributed by atoms with van der Waals surface area (Å²) in [4.78, 5) is 26.1. The van der Waals surface area contributed by atoms with E-state index in [1.807, 2.05) is 49.5 Å². The van der Waals surface area contributed by atoms with Crippen LogP contribution in [0.25, 0.3) is 0 Å². The molecule has 2 amide bonds. The summed E-state index contributed by atoms with van der Waals surface area (Å²) < 4.78 is 0. The highest BCUT2D eigenvalue weighted by molar-refractivity contribution is 6.24. The highest BCUT2D eigenvalue weighted by Gasteiger charge is 2.31. The Bertz CT molecular complexity index is 692. The minimum Gasteiger partial charge on any atom is -0.316 e. The quantitative estimate of drug-likeness (QED) is 0.876. The summed E-state index contributed by atoms with van der Waals surface area (Å²) in [5.74, 6) is -0.428. The SMILES string of the molecule is CNCc1ccc(N2C(=O)Cc3ccccc3C2=O)cc1. The monoisotopic (exact) mass is 280 g/mol. The van der Waals surface area contributed by atoms with Crippen molar-refractivity contribution in [3.8, 4) is 0 Å². The number of benzene rings is 2. The van der Waals surface area contributed by atoms with Crippen molar-refractivity contribution in [3.63, 3.8) is 0 Å². The van der Waals surface area contributed by atoms with Crippen molar-refractivity contribution in [1.29, 1.82) is 0 Å². The Morgan fingerprint density at radius 3 is 2.48 bits per heavy atom. The molecule has 1 aliphatic rings. The number of rotatable bonds is 3. The fourth-order valence-electron chi connectivity index (χ4n) is 2.59. The number of carbonyl (C=O) groups excluding carboxylic acids is 2. The summed E-state index contributed by atoms with van der Waals surface area (Å²) in [6, 6.07) is 14.7. The minimum atomic E-state index is -0.247. The number of imide groups is 1. The van der Waals surface area contributed by atoms with E-state index >= 15 is 0 Å². The lowest BCUT2D eigenvalue weighted by molar-refractivity contribution is -0.117. The van der Waals surface area contributed by atoms with Gasteiger partial charge in [0.1, 0.15) is 0 Å². The molecule has 0 atom stereocenters. The largest absolute Gasteiger partial charge is 0.316 e. The van der Waals surface area contributed by atoms with Crippen LogP contribution in [0.1, 0.15) is 21.5 Å². The molecule has 4 heteroatoms. The van der Waals surface area contributed by atoms with Gasteiger partial charge in [-0.3, -0.25) is 9.59 Å². The molecule has 0 fully saturated rings. The molecule has 106 valence electrons. The number of carbonyl (C=O) groups is 2. The predicted octanol–water partition coefficient (Wildman–Crippen LogP) is 2.14. The van der Waals surface area contributed by atoms with Gasteiger partial charge in [-0.15, -0.1) is 0 Å². The molecule has 0 radical (unpaired) electrons. The maximum atomic E-state index is 12.5. The molecule has 0 aromatic heterocycles. The Kier molecular flexibility index (Phi) is 3.54. The topological polar surface area (TPSA) is 49.4 Å². The van der Waals surface area contributed by atoms with Crippen LogP contribution >= 0.6 is 0 Å². The van der Waals surface area contributed by atoms with Crippen molar-refractivity contribution in [3.05, 3.63) is 65.2 Å². The highest BCUT2D eigenvalue weighted by Crippen LogP contribution is 2.25. The van der Waals surface area contributed by atoms with Crippen LogP contribution in [-0.2, 0) is 17.8 Å². The zero-order valence-corrected chi connectivity index (χ0v) is 11.8. The van der Waals surface area contributed by atoms with Crippen LogP contribution in [0, 0.1) is 0 Å². The summed E-state index contributed by atoms with van der Waals surface area (Å²) >= 11 is 0. The molecule has 0 unspecified atom stereocenters. The van der Waals surface area contributed by atoms with Crippen LogP contribution in [-0.4, -0.2) is 18.9 Å². The fourth-order valence-corrected chi connectivity index (χ4v) is 2.59. The maximum absolute atomic E-state index is 12.5. The number of anilines is 1. The standard InChI is InChI=1S/C17H16N2O2/c1-18-11-12-6-8-14(9-7-12)19-16(20)10-13-4-2-3-5-15(13)17(19)21/h2-9,18H,10-11H2,1H3. The first-order valence-corrected chi connectivity index (χ1v) is 6.89. The smallest absolute Gasteiger partial charge is 0.265 e. The maximum Gasteiger partial charge on any atom is 0.265 e. The second kappa shape index (κ2) is 5.50. The van der Waals surface area contributed by atoms with E-state index in [1.165, 1.54) is 4.90 Å². The van der Waals surface area contributed by atoms with Gasteiger partial charge < -0.3 is 5.32 Å². The number of amides is 2. The second-order valence-electron chi connectivity index (χ2n) is 5.07. The summed E-state index contributed by atoms with van der Waals surface area (Å²) in [5, 5.41) is 3.07. The molecule has 1 N–H and O–H groups in total. The van der Waals surface area contributed by atoms with Gasteiger partial charge in [-0.05, 0) is 36.4 Å². The molecule has 0 saturated heterocycles. The lowest BCUT2D eigenvalue weighted by Crippen LogP contribution is -2.42. The van der Waals surface area contributed by atoms with Crippen molar-refractivity contribution in [2.75, 3.05) is 11.9 Å². The normalized spacial score (nSPS) is 14.2. The van der Waals surface area contributed by atoms with Crippen molar-refractivity contribution in [2.45, 2.75) is 13.0 Å². The van der Waals surface area contributed by atoms with Gasteiger partial charge in [0.2, 0.25) is 5.91 Å². The summed E-state index contributed by atoms with van der Waals surface area (Å²) in [5.41, 5.74) is 3.14. The minimum absolute atomic E-state index is 0.180. The van der Waals surface area contributed by atoms with Gasteiger partial charge in [0.25, 0.3) is 5.91 Å². The number of hydrogen-bond acceptors (Lipinski definition) is 3. The molecule has 2 aromatic carbocycles. The van der Waals surface area contributed by atoms with E-state index in [0.29, 0.717) is 11.3 Å². The molecule has 1 aliphatic heterocycles. The van der Waals surface area contributed by atoms with Crippen LogP contribution in [0.5, 0.6) is 0 Å². The molecule has 1 heterocycles. The van der Waals surface area contributed by atoms with Gasteiger partial charge in [-0.1, -0.05) is 30.3 Å². The van der Waals surface area contributed by atoms with Gasteiger partial charge in [-0.2, -0.15) is 0 Å². The van der Waals surface area contributed by atoms with Crippen LogP contribution in [0.15, 0.2) is 48.5 Å². The molecule has 4 nitrogen and oxygen atoms in total. The first-order valence-electron chi connectivity index (χ1n) is 6.89. The average molecular weight is 280 g/mol. The molecule has 0 aliphatic carbocycles. The molecule has 21 heavy (non-hydrogen) atoms. The van der Waals surface area contributed by atoms with E-state index in [9.17, 15) is 9.59 Å². The average Bonchev–Trinajstić information content (AvgIpc) is 2.49. The van der Waals surface area contributed by atoms with Gasteiger partial charge in [0.15, 0.2) is 0 Å². The number of hydrogen-bond donors (Lipinski definition) is 1. The van der Waals surface area contributed by atoms with Gasteiger partial charge in [0, 0.05) is 12.1 Å². The number of fused-ring (bicyclic) bond motifs is 1. The zero-order valence-electron chi connectivity index (χ0n) is 11.8. The van der Waals surface area contributed by atoms with Crippen LogP contribution in [0.3, 0.4) is 0 Å². The fraction of sp³-hybridized carbons (Fsp3) is 0.176. The van der Waals surface area contributed by atoms with Crippen molar-refractivity contribution in [2.24, 2.45) is 0 Å². The molecular formula is C17H16N2O2. The Labute approximate surface area is 123 Å². The molecule has 0 spiro atoms. The van der Waals surface area contributed by atoms with Crippen LogP contribution in [0.4, 0.5) is 5.69 Å². The van der Waals surface area contributed by atoms with E-state index in [0.717, 1.165) is 17.7 Å². The lowest BCUT2D eigenvalue weighted by Gasteiger charge is -2.26. The molecule has 3 rings (SSSR count). The van der Waals surface area contributed by atoms with E-state index in [1.54, 1.807) is 6.07 Å². The third-order valence-corrected chi connectivity index (χ3v) is 3.62. The van der Waals surface area contributed by atoms with Crippen molar-refractivity contribution < 1.29 is 9.59 Å². The van der Waals surface area contributed by atoms with E-state index in [2.05, 4.69) is 5.32 Å². The predicted molar refractivity (Wildman–Crippen MR) is 81.2 cm³/mol. The van der Waals surface area contributed by atoms with Gasteiger partial charge in [-0.25, -0.2) is 4.90 Å². The molecular weight excluding hydrogens is 264 g/mol. The van der Waals surface area contributed by atoms with Crippen molar-refractivity contribution in [1.82, 2.24) is 5.32 Å². The molecule has 2 aromatic rings. The van der Waals surface area contributed by atoms with Crippen LogP contribution in [0.2, 0.25) is 0 Å². The summed E-state index contributed by atoms with van der Waals surface area (Å²) in [7, 11) is 1.88. The first-order chi connectivity index (χ1) is 10.2. The Balaban J connectivity index is 1.95. The van der Waals surface area contributed by atoms with Crippen molar-refractivity contribution >= 4 is 17.5 Å². The molecule has 0 bridgehead atoms. The number of nitrogens with one attached hydrogen (secondary N) is 1. The van der Waals surface area contributed by atoms with Crippen LogP contribution < -0.4 is 10.2 Å². The van der Waals surface area contributed by atoms with E-state index in [4.69, 9.17) is 0 Å². The summed E-state index contributed by atoms with van der Waals surface area (Å²) in [6.07, 6.45) is 0.264. The van der Waals surface area contributed by atoms with Gasteiger partial charge >= 0.3 is 0 Å². The first kappa shape index (κ1) is 13.5. The van der Waals surface area contributed by atoms with E-state index in [-0.39, 0.29) is 18.2 Å².